The lowest BCUT2D eigenvalue weighted by Gasteiger charge is -2.28. The Balaban J connectivity index is 1.44. The lowest BCUT2D eigenvalue weighted by Crippen LogP contribution is -2.37. The van der Waals surface area contributed by atoms with E-state index in [0.29, 0.717) is 13.0 Å². The van der Waals surface area contributed by atoms with Gasteiger partial charge in [0, 0.05) is 6.54 Å². The van der Waals surface area contributed by atoms with Gasteiger partial charge in [-0.3, -0.25) is 9.69 Å². The van der Waals surface area contributed by atoms with Gasteiger partial charge in [0.1, 0.15) is 0 Å². The number of nitrogens with zero attached hydrogens (tertiary/aromatic N) is 1. The van der Waals surface area contributed by atoms with Crippen molar-refractivity contribution in [3.8, 4) is 11.5 Å². The summed E-state index contributed by atoms with van der Waals surface area (Å²) in [4.78, 5) is 14.8. The van der Waals surface area contributed by atoms with Crippen molar-refractivity contribution in [3.05, 3.63) is 59.7 Å². The Morgan fingerprint density at radius 1 is 1.04 bits per heavy atom. The number of likely N-dealkylation sites (tertiary alicyclic amines) is 1. The quantitative estimate of drug-likeness (QED) is 0.868. The van der Waals surface area contributed by atoms with Gasteiger partial charge in [-0.25, -0.2) is 0 Å². The molecule has 0 saturated carbocycles. The second-order valence-corrected chi connectivity index (χ2v) is 6.84. The van der Waals surface area contributed by atoms with Crippen LogP contribution in [0.25, 0.3) is 0 Å². The second-order valence-electron chi connectivity index (χ2n) is 6.84. The van der Waals surface area contributed by atoms with E-state index in [-0.39, 0.29) is 18.7 Å². The van der Waals surface area contributed by atoms with Crippen LogP contribution in [0.5, 0.6) is 11.5 Å². The van der Waals surface area contributed by atoms with E-state index in [4.69, 9.17) is 9.47 Å². The molecule has 1 amide bonds. The molecule has 136 valence electrons. The van der Waals surface area contributed by atoms with Crippen molar-refractivity contribution in [1.29, 1.82) is 0 Å². The average molecular weight is 352 g/mol. The fraction of sp³-hybridized carbons (Fsp3) is 0.381. The van der Waals surface area contributed by atoms with Gasteiger partial charge in [0.25, 0.3) is 0 Å². The lowest BCUT2D eigenvalue weighted by atomic mass is 10.0. The van der Waals surface area contributed by atoms with Gasteiger partial charge in [0.05, 0.1) is 12.5 Å². The summed E-state index contributed by atoms with van der Waals surface area (Å²) in [7, 11) is 0. The molecule has 4 rings (SSSR count). The Morgan fingerprint density at radius 3 is 2.62 bits per heavy atom. The first-order chi connectivity index (χ1) is 12.8. The zero-order chi connectivity index (χ0) is 17.8. The van der Waals surface area contributed by atoms with Gasteiger partial charge >= 0.3 is 0 Å². The molecule has 0 aliphatic carbocycles. The molecule has 0 spiro atoms. The number of hydrogen-bond donors (Lipinski definition) is 1. The molecule has 5 nitrogen and oxygen atoms in total. The van der Waals surface area contributed by atoms with Crippen LogP contribution < -0.4 is 14.8 Å². The minimum Gasteiger partial charge on any atom is -0.454 e. The van der Waals surface area contributed by atoms with Crippen LogP contribution in [-0.4, -0.2) is 37.2 Å². The third kappa shape index (κ3) is 3.83. The molecule has 1 saturated heterocycles. The molecule has 0 aromatic heterocycles. The van der Waals surface area contributed by atoms with Crippen molar-refractivity contribution in [2.24, 2.45) is 0 Å². The molecule has 0 radical (unpaired) electrons. The summed E-state index contributed by atoms with van der Waals surface area (Å²) in [5.74, 6) is 1.64. The predicted molar refractivity (Wildman–Crippen MR) is 99.3 cm³/mol. The van der Waals surface area contributed by atoms with Crippen molar-refractivity contribution in [2.75, 3.05) is 26.4 Å². The maximum absolute atomic E-state index is 12.4. The molecule has 26 heavy (non-hydrogen) atoms. The average Bonchev–Trinajstić information content (AvgIpc) is 3.34. The standard InChI is InChI=1S/C21H24N2O3/c24-21(12-16-6-2-1-3-7-16)22-14-18(23-10-4-5-11-23)17-8-9-19-20(13-17)26-15-25-19/h1-3,6-9,13,18H,4-5,10-12,14-15H2,(H,22,24). The highest BCUT2D eigenvalue weighted by atomic mass is 16.7. The summed E-state index contributed by atoms with van der Waals surface area (Å²) in [5, 5.41) is 3.12. The topological polar surface area (TPSA) is 50.8 Å². The van der Waals surface area contributed by atoms with Gasteiger partial charge in [0.15, 0.2) is 11.5 Å². The molecule has 0 bridgehead atoms. The molecular formula is C21H24N2O3. The third-order valence-electron chi connectivity index (χ3n) is 5.06. The van der Waals surface area contributed by atoms with Crippen LogP contribution in [0.15, 0.2) is 48.5 Å². The molecule has 1 N–H and O–H groups in total. The van der Waals surface area contributed by atoms with E-state index < -0.39 is 0 Å². The molecule has 1 atom stereocenters. The largest absolute Gasteiger partial charge is 0.454 e. The first kappa shape index (κ1) is 16.9. The van der Waals surface area contributed by atoms with E-state index in [1.165, 1.54) is 12.8 Å². The lowest BCUT2D eigenvalue weighted by molar-refractivity contribution is -0.120. The Labute approximate surface area is 153 Å². The summed E-state index contributed by atoms with van der Waals surface area (Å²) in [5.41, 5.74) is 2.20. The monoisotopic (exact) mass is 352 g/mol. The highest BCUT2D eigenvalue weighted by Gasteiger charge is 2.26. The Bertz CT molecular complexity index is 757. The minimum atomic E-state index is 0.0566. The molecule has 1 unspecified atom stereocenters. The zero-order valence-electron chi connectivity index (χ0n) is 14.8. The molecular weight excluding hydrogens is 328 g/mol. The van der Waals surface area contributed by atoms with Crippen LogP contribution in [0.3, 0.4) is 0 Å². The van der Waals surface area contributed by atoms with Crippen molar-refractivity contribution in [2.45, 2.75) is 25.3 Å². The normalized spacial score (nSPS) is 17.2. The Kier molecular flexibility index (Phi) is 5.07. The Morgan fingerprint density at radius 2 is 1.81 bits per heavy atom. The van der Waals surface area contributed by atoms with E-state index in [1.54, 1.807) is 0 Å². The fourth-order valence-corrected chi connectivity index (χ4v) is 3.69. The zero-order valence-corrected chi connectivity index (χ0v) is 14.8. The van der Waals surface area contributed by atoms with Crippen molar-refractivity contribution in [3.63, 3.8) is 0 Å². The van der Waals surface area contributed by atoms with E-state index in [1.807, 2.05) is 36.4 Å². The van der Waals surface area contributed by atoms with Gasteiger partial charge in [-0.2, -0.15) is 0 Å². The van der Waals surface area contributed by atoms with E-state index in [9.17, 15) is 4.79 Å². The van der Waals surface area contributed by atoms with Crippen LogP contribution in [0.1, 0.15) is 30.0 Å². The van der Waals surface area contributed by atoms with E-state index >= 15 is 0 Å². The molecule has 5 heteroatoms. The smallest absolute Gasteiger partial charge is 0.231 e. The van der Waals surface area contributed by atoms with Crippen molar-refractivity contribution >= 4 is 5.91 Å². The third-order valence-corrected chi connectivity index (χ3v) is 5.06. The van der Waals surface area contributed by atoms with Gasteiger partial charge in [-0.1, -0.05) is 36.4 Å². The van der Waals surface area contributed by atoms with E-state index in [2.05, 4.69) is 22.3 Å². The SMILES string of the molecule is O=C(Cc1ccccc1)NCC(c1ccc2c(c1)OCO2)N1CCCC1. The van der Waals surface area contributed by atoms with Gasteiger partial charge in [0.2, 0.25) is 12.7 Å². The van der Waals surface area contributed by atoms with E-state index in [0.717, 1.165) is 35.7 Å². The number of ether oxygens (including phenoxy) is 2. The Hall–Kier alpha value is -2.53. The summed E-state index contributed by atoms with van der Waals surface area (Å²) in [6, 6.07) is 16.1. The molecule has 2 aromatic rings. The molecule has 2 heterocycles. The number of fused-ring (bicyclic) bond motifs is 1. The van der Waals surface area contributed by atoms with Crippen molar-refractivity contribution < 1.29 is 14.3 Å². The number of benzene rings is 2. The van der Waals surface area contributed by atoms with Gasteiger partial charge in [-0.15, -0.1) is 0 Å². The number of carbonyl (C=O) groups excluding carboxylic acids is 1. The summed E-state index contributed by atoms with van der Waals surface area (Å²) >= 11 is 0. The minimum absolute atomic E-state index is 0.0566. The highest BCUT2D eigenvalue weighted by molar-refractivity contribution is 5.78. The fourth-order valence-electron chi connectivity index (χ4n) is 3.69. The number of amides is 1. The van der Waals surface area contributed by atoms with Crippen LogP contribution in [0.4, 0.5) is 0 Å². The highest BCUT2D eigenvalue weighted by Crippen LogP contribution is 2.36. The maximum atomic E-state index is 12.4. The summed E-state index contributed by atoms with van der Waals surface area (Å²) < 4.78 is 10.9. The summed E-state index contributed by atoms with van der Waals surface area (Å²) in [6.45, 7) is 3.01. The molecule has 2 aromatic carbocycles. The van der Waals surface area contributed by atoms with Crippen LogP contribution >= 0.6 is 0 Å². The maximum Gasteiger partial charge on any atom is 0.231 e. The van der Waals surface area contributed by atoms with Crippen LogP contribution in [-0.2, 0) is 11.2 Å². The van der Waals surface area contributed by atoms with Gasteiger partial charge < -0.3 is 14.8 Å². The van der Waals surface area contributed by atoms with Crippen LogP contribution in [0.2, 0.25) is 0 Å². The number of hydrogen-bond acceptors (Lipinski definition) is 4. The molecule has 1 fully saturated rings. The van der Waals surface area contributed by atoms with Gasteiger partial charge in [-0.05, 0) is 49.2 Å². The number of carbonyl (C=O) groups is 1. The molecule has 2 aliphatic heterocycles. The number of rotatable bonds is 6. The molecule has 2 aliphatic rings. The predicted octanol–water partition coefficient (Wildman–Crippen LogP) is 2.91. The first-order valence-electron chi connectivity index (χ1n) is 9.24. The van der Waals surface area contributed by atoms with Crippen molar-refractivity contribution in [1.82, 2.24) is 10.2 Å². The number of nitrogens with one attached hydrogen (secondary N) is 1. The summed E-state index contributed by atoms with van der Waals surface area (Å²) in [6.07, 6.45) is 2.83. The van der Waals surface area contributed by atoms with Crippen LogP contribution in [0, 0.1) is 0 Å². The second kappa shape index (κ2) is 7.79. The first-order valence-corrected chi connectivity index (χ1v) is 9.24.